The molecule has 1 saturated heterocycles. The molecule has 0 unspecified atom stereocenters. The van der Waals surface area contributed by atoms with Crippen molar-refractivity contribution < 1.29 is 9.84 Å². The van der Waals surface area contributed by atoms with Crippen LogP contribution in [-0.2, 0) is 16.9 Å². The van der Waals surface area contributed by atoms with Crippen molar-refractivity contribution in [2.75, 3.05) is 37.4 Å². The van der Waals surface area contributed by atoms with Crippen LogP contribution in [0.4, 0.5) is 17.5 Å². The molecule has 10 heteroatoms. The SMILES string of the molecule is C[C@@](O)(c1ccc(CN2CCOCC2)c(Nc2nc(N)ncc2Cl)c1)c1nccs1. The van der Waals surface area contributed by atoms with E-state index in [4.69, 9.17) is 22.1 Å². The van der Waals surface area contributed by atoms with Crippen LogP contribution in [0.15, 0.2) is 36.0 Å². The molecule has 0 aliphatic carbocycles. The van der Waals surface area contributed by atoms with Gasteiger partial charge in [-0.05, 0) is 24.1 Å². The first-order valence-corrected chi connectivity index (χ1v) is 10.8. The summed E-state index contributed by atoms with van der Waals surface area (Å²) < 4.78 is 5.45. The number of benzene rings is 1. The Bertz CT molecular complexity index is 1010. The third kappa shape index (κ3) is 4.55. The lowest BCUT2D eigenvalue weighted by Gasteiger charge is -2.28. The largest absolute Gasteiger partial charge is 0.379 e. The van der Waals surface area contributed by atoms with E-state index in [1.165, 1.54) is 17.5 Å². The predicted molar refractivity (Wildman–Crippen MR) is 118 cm³/mol. The van der Waals surface area contributed by atoms with Crippen LogP contribution in [0.3, 0.4) is 0 Å². The number of nitrogens with one attached hydrogen (secondary N) is 1. The fraction of sp³-hybridized carbons (Fsp3) is 0.350. The molecular formula is C20H23ClN6O2S. The number of rotatable bonds is 6. The van der Waals surface area contributed by atoms with Crippen LogP contribution in [0, 0.1) is 0 Å². The van der Waals surface area contributed by atoms with Crippen LogP contribution < -0.4 is 11.1 Å². The predicted octanol–water partition coefficient (Wildman–Crippen LogP) is 3.00. The van der Waals surface area contributed by atoms with Crippen molar-refractivity contribution in [1.82, 2.24) is 19.9 Å². The number of aromatic nitrogens is 3. The Morgan fingerprint density at radius 1 is 1.33 bits per heavy atom. The minimum absolute atomic E-state index is 0.127. The van der Waals surface area contributed by atoms with Gasteiger partial charge in [0.2, 0.25) is 5.95 Å². The fourth-order valence-corrected chi connectivity index (χ4v) is 4.17. The van der Waals surface area contributed by atoms with Crippen LogP contribution in [-0.4, -0.2) is 51.3 Å². The van der Waals surface area contributed by atoms with Crippen molar-refractivity contribution in [1.29, 1.82) is 0 Å². The topological polar surface area (TPSA) is 109 Å². The standard InChI is InChI=1S/C20H23ClN6O2S/c1-20(28,18-23-4-9-30-18)14-3-2-13(12-27-5-7-29-8-6-27)16(10-14)25-17-15(21)11-24-19(22)26-17/h2-4,9-11,28H,5-8,12H2,1H3,(H3,22,24,25,26)/t20-/m1/s1. The molecule has 30 heavy (non-hydrogen) atoms. The molecule has 0 bridgehead atoms. The Balaban J connectivity index is 1.71. The van der Waals surface area contributed by atoms with Gasteiger partial charge in [0.1, 0.15) is 15.6 Å². The van der Waals surface area contributed by atoms with Crippen molar-refractivity contribution in [3.05, 3.63) is 57.1 Å². The van der Waals surface area contributed by atoms with E-state index < -0.39 is 5.60 Å². The zero-order valence-electron chi connectivity index (χ0n) is 16.5. The van der Waals surface area contributed by atoms with Crippen LogP contribution in [0.25, 0.3) is 0 Å². The maximum absolute atomic E-state index is 11.2. The van der Waals surface area contributed by atoms with Crippen molar-refractivity contribution in [3.63, 3.8) is 0 Å². The molecule has 0 amide bonds. The molecule has 2 aromatic heterocycles. The lowest BCUT2D eigenvalue weighted by atomic mass is 9.94. The second kappa shape index (κ2) is 8.83. The maximum Gasteiger partial charge on any atom is 0.222 e. The quantitative estimate of drug-likeness (QED) is 0.530. The molecule has 1 fully saturated rings. The molecule has 4 rings (SSSR count). The van der Waals surface area contributed by atoms with Gasteiger partial charge in [-0.1, -0.05) is 23.7 Å². The van der Waals surface area contributed by atoms with Gasteiger partial charge in [0.15, 0.2) is 5.82 Å². The second-order valence-corrected chi connectivity index (χ2v) is 8.52. The van der Waals surface area contributed by atoms with Crippen molar-refractivity contribution in [2.45, 2.75) is 19.1 Å². The number of nitrogen functional groups attached to an aromatic ring is 1. The Morgan fingerprint density at radius 2 is 2.13 bits per heavy atom. The van der Waals surface area contributed by atoms with Crippen LogP contribution in [0.2, 0.25) is 5.02 Å². The lowest BCUT2D eigenvalue weighted by molar-refractivity contribution is 0.0342. The number of thiazole rings is 1. The molecule has 1 atom stereocenters. The molecule has 1 aliphatic rings. The van der Waals surface area contributed by atoms with E-state index in [0.29, 0.717) is 34.6 Å². The molecule has 0 saturated carbocycles. The summed E-state index contributed by atoms with van der Waals surface area (Å²) in [4.78, 5) is 14.7. The van der Waals surface area contributed by atoms with E-state index in [0.717, 1.165) is 30.9 Å². The Hall–Kier alpha value is -2.30. The van der Waals surface area contributed by atoms with Gasteiger partial charge < -0.3 is 20.9 Å². The first-order valence-electron chi connectivity index (χ1n) is 9.54. The van der Waals surface area contributed by atoms with Crippen molar-refractivity contribution in [2.24, 2.45) is 0 Å². The zero-order valence-corrected chi connectivity index (χ0v) is 18.1. The molecule has 3 aromatic rings. The highest BCUT2D eigenvalue weighted by Gasteiger charge is 2.29. The Kier molecular flexibility index (Phi) is 6.16. The third-order valence-corrected chi connectivity index (χ3v) is 6.29. The molecule has 158 valence electrons. The first kappa shape index (κ1) is 21.0. The first-order chi connectivity index (χ1) is 14.4. The van der Waals surface area contributed by atoms with Gasteiger partial charge in [0.05, 0.1) is 19.4 Å². The van der Waals surface area contributed by atoms with Gasteiger partial charge >= 0.3 is 0 Å². The normalized spacial score (nSPS) is 16.9. The van der Waals surface area contributed by atoms with Crippen LogP contribution in [0.5, 0.6) is 0 Å². The van der Waals surface area contributed by atoms with Gasteiger partial charge in [-0.15, -0.1) is 11.3 Å². The Morgan fingerprint density at radius 3 is 2.87 bits per heavy atom. The smallest absolute Gasteiger partial charge is 0.222 e. The minimum atomic E-state index is -1.23. The fourth-order valence-electron chi connectivity index (χ4n) is 3.32. The number of anilines is 3. The number of halogens is 1. The maximum atomic E-state index is 11.2. The van der Waals surface area contributed by atoms with E-state index in [9.17, 15) is 5.11 Å². The molecule has 1 aliphatic heterocycles. The number of aliphatic hydroxyl groups is 1. The average molecular weight is 447 g/mol. The average Bonchev–Trinajstić information content (AvgIpc) is 3.28. The van der Waals surface area contributed by atoms with Gasteiger partial charge in [-0.3, -0.25) is 4.90 Å². The zero-order chi connectivity index (χ0) is 21.1. The minimum Gasteiger partial charge on any atom is -0.379 e. The van der Waals surface area contributed by atoms with Gasteiger partial charge in [-0.2, -0.15) is 4.98 Å². The van der Waals surface area contributed by atoms with Crippen molar-refractivity contribution >= 4 is 40.4 Å². The number of hydrogen-bond acceptors (Lipinski definition) is 9. The number of nitrogens with two attached hydrogens (primary N) is 1. The van der Waals surface area contributed by atoms with Crippen molar-refractivity contribution in [3.8, 4) is 0 Å². The summed E-state index contributed by atoms with van der Waals surface area (Å²) >= 11 is 7.68. The van der Waals surface area contributed by atoms with E-state index in [2.05, 4.69) is 25.2 Å². The summed E-state index contributed by atoms with van der Waals surface area (Å²) in [6.07, 6.45) is 3.15. The summed E-state index contributed by atoms with van der Waals surface area (Å²) in [7, 11) is 0. The Labute approximate surface area is 183 Å². The van der Waals surface area contributed by atoms with Crippen LogP contribution >= 0.6 is 22.9 Å². The molecule has 1 aromatic carbocycles. The summed E-state index contributed by atoms with van der Waals surface area (Å²) in [5, 5.41) is 17.3. The number of hydrogen-bond donors (Lipinski definition) is 3. The monoisotopic (exact) mass is 446 g/mol. The summed E-state index contributed by atoms with van der Waals surface area (Å²) in [6.45, 7) is 5.62. The highest BCUT2D eigenvalue weighted by Crippen LogP contribution is 2.35. The molecule has 0 spiro atoms. The van der Waals surface area contributed by atoms with Gasteiger partial charge in [-0.25, -0.2) is 9.97 Å². The van der Waals surface area contributed by atoms with Crippen LogP contribution in [0.1, 0.15) is 23.1 Å². The van der Waals surface area contributed by atoms with E-state index >= 15 is 0 Å². The second-order valence-electron chi connectivity index (χ2n) is 7.22. The number of morpholine rings is 1. The van der Waals surface area contributed by atoms with E-state index in [-0.39, 0.29) is 5.95 Å². The van der Waals surface area contributed by atoms with Gasteiger partial charge in [0, 0.05) is 36.9 Å². The summed E-state index contributed by atoms with van der Waals surface area (Å²) in [5.41, 5.74) is 7.06. The number of nitrogens with zero attached hydrogens (tertiary/aromatic N) is 4. The third-order valence-electron chi connectivity index (χ3n) is 5.03. The number of ether oxygens (including phenoxy) is 1. The van der Waals surface area contributed by atoms with Gasteiger partial charge in [0.25, 0.3) is 0 Å². The summed E-state index contributed by atoms with van der Waals surface area (Å²) in [5.74, 6) is 0.543. The molecule has 8 nitrogen and oxygen atoms in total. The van der Waals surface area contributed by atoms with E-state index in [1.807, 2.05) is 23.6 Å². The molecular weight excluding hydrogens is 424 g/mol. The highest BCUT2D eigenvalue weighted by atomic mass is 35.5. The lowest BCUT2D eigenvalue weighted by Crippen LogP contribution is -2.35. The highest BCUT2D eigenvalue weighted by molar-refractivity contribution is 7.09. The summed E-state index contributed by atoms with van der Waals surface area (Å²) in [6, 6.07) is 5.85. The molecule has 3 heterocycles. The van der Waals surface area contributed by atoms with E-state index in [1.54, 1.807) is 13.1 Å². The molecule has 4 N–H and O–H groups in total. The molecule has 0 radical (unpaired) electrons.